The highest BCUT2D eigenvalue weighted by atomic mass is 35.5. The van der Waals surface area contributed by atoms with E-state index in [9.17, 15) is 4.79 Å². The van der Waals surface area contributed by atoms with Crippen molar-refractivity contribution in [3.05, 3.63) is 95.8 Å². The number of aromatic nitrogens is 4. The van der Waals surface area contributed by atoms with E-state index in [-0.39, 0.29) is 11.9 Å². The van der Waals surface area contributed by atoms with Crippen LogP contribution in [0.1, 0.15) is 18.4 Å². The van der Waals surface area contributed by atoms with Gasteiger partial charge in [-0.1, -0.05) is 54.1 Å². The maximum Gasteiger partial charge on any atom is 0.227 e. The smallest absolute Gasteiger partial charge is 0.227 e. The molecule has 2 aromatic heterocycles. The summed E-state index contributed by atoms with van der Waals surface area (Å²) in [6, 6.07) is 24.0. The summed E-state index contributed by atoms with van der Waals surface area (Å²) in [5, 5.41) is 7.61. The first-order valence-corrected chi connectivity index (χ1v) is 13.4. The molecule has 0 unspecified atom stereocenters. The van der Waals surface area contributed by atoms with Gasteiger partial charge in [0.2, 0.25) is 5.91 Å². The Balaban J connectivity index is 1.27. The zero-order valence-corrected chi connectivity index (χ0v) is 22.4. The topological polar surface area (TPSA) is 73.1 Å². The van der Waals surface area contributed by atoms with Crippen LogP contribution in [0.15, 0.2) is 85.2 Å². The summed E-state index contributed by atoms with van der Waals surface area (Å²) in [6.07, 6.45) is 5.92. The van der Waals surface area contributed by atoms with Crippen molar-refractivity contribution in [1.82, 2.24) is 24.6 Å². The third-order valence-corrected chi connectivity index (χ3v) is 7.40. The molecule has 1 amide bonds. The lowest BCUT2D eigenvalue weighted by atomic mass is 10.0. The largest absolute Gasteiger partial charge is 0.495 e. The molecule has 1 saturated carbocycles. The normalized spacial score (nSPS) is 13.0. The summed E-state index contributed by atoms with van der Waals surface area (Å²) in [5.74, 6) is 2.02. The predicted octanol–water partition coefficient (Wildman–Crippen LogP) is 6.06. The maximum atomic E-state index is 13.6. The molecule has 1 aliphatic carbocycles. The molecule has 6 rings (SSSR count). The molecule has 1 fully saturated rings. The fourth-order valence-corrected chi connectivity index (χ4v) is 5.21. The number of nitrogens with zero attached hydrogens (tertiary/aromatic N) is 5. The molecule has 3 aromatic carbocycles. The third kappa shape index (κ3) is 5.36. The molecule has 0 atom stereocenters. The van der Waals surface area contributed by atoms with Crippen molar-refractivity contribution < 1.29 is 9.53 Å². The summed E-state index contributed by atoms with van der Waals surface area (Å²) >= 11 is 6.39. The number of halogens is 1. The van der Waals surface area contributed by atoms with Crippen molar-refractivity contribution in [2.45, 2.75) is 31.8 Å². The average molecular weight is 538 g/mol. The van der Waals surface area contributed by atoms with Crippen LogP contribution in [0, 0.1) is 0 Å². The highest BCUT2D eigenvalue weighted by molar-refractivity contribution is 6.32. The SMILES string of the molecule is COc1ccc(-c2nc(-c3ccncc3)n(CCN(C(=O)Cc3cccc4ccccc34)C3CC3)n2)cc1Cl. The minimum absolute atomic E-state index is 0.140. The van der Waals surface area contributed by atoms with Crippen LogP contribution < -0.4 is 4.74 Å². The van der Waals surface area contributed by atoms with Crippen LogP contribution >= 0.6 is 11.6 Å². The molecular weight excluding hydrogens is 510 g/mol. The molecule has 5 aromatic rings. The van der Waals surface area contributed by atoms with Gasteiger partial charge in [-0.05, 0) is 59.5 Å². The molecule has 0 spiro atoms. The first-order valence-electron chi connectivity index (χ1n) is 13.1. The summed E-state index contributed by atoms with van der Waals surface area (Å²) in [6.45, 7) is 1.07. The van der Waals surface area contributed by atoms with Crippen LogP contribution in [0.25, 0.3) is 33.5 Å². The number of benzene rings is 3. The number of amides is 1. The minimum Gasteiger partial charge on any atom is -0.495 e. The Morgan fingerprint density at radius 3 is 2.59 bits per heavy atom. The highest BCUT2D eigenvalue weighted by Crippen LogP contribution is 2.31. The molecule has 0 radical (unpaired) electrons. The fourth-order valence-electron chi connectivity index (χ4n) is 4.95. The second kappa shape index (κ2) is 10.9. The Hall–Kier alpha value is -4.23. The van der Waals surface area contributed by atoms with Gasteiger partial charge in [-0.2, -0.15) is 5.10 Å². The van der Waals surface area contributed by atoms with E-state index in [1.165, 1.54) is 0 Å². The first-order chi connectivity index (χ1) is 19.1. The van der Waals surface area contributed by atoms with Gasteiger partial charge in [0.15, 0.2) is 11.6 Å². The van der Waals surface area contributed by atoms with E-state index in [0.29, 0.717) is 36.1 Å². The van der Waals surface area contributed by atoms with Crippen LogP contribution in [0.5, 0.6) is 5.75 Å². The van der Waals surface area contributed by atoms with E-state index < -0.39 is 0 Å². The monoisotopic (exact) mass is 537 g/mol. The zero-order chi connectivity index (χ0) is 26.8. The molecule has 1 aliphatic rings. The molecule has 0 saturated heterocycles. The lowest BCUT2D eigenvalue weighted by Gasteiger charge is -2.23. The summed E-state index contributed by atoms with van der Waals surface area (Å²) in [7, 11) is 1.59. The molecular formula is C31H28ClN5O2. The Morgan fingerprint density at radius 2 is 1.82 bits per heavy atom. The Morgan fingerprint density at radius 1 is 1.03 bits per heavy atom. The average Bonchev–Trinajstić information content (AvgIpc) is 3.71. The van der Waals surface area contributed by atoms with Gasteiger partial charge in [0.05, 0.1) is 25.1 Å². The number of ether oxygens (including phenoxy) is 1. The van der Waals surface area contributed by atoms with Crippen molar-refractivity contribution in [1.29, 1.82) is 0 Å². The van der Waals surface area contributed by atoms with Crippen molar-refractivity contribution in [3.8, 4) is 28.5 Å². The van der Waals surface area contributed by atoms with Crippen molar-refractivity contribution >= 4 is 28.3 Å². The van der Waals surface area contributed by atoms with Gasteiger partial charge in [0, 0.05) is 36.1 Å². The van der Waals surface area contributed by atoms with Gasteiger partial charge < -0.3 is 9.64 Å². The Kier molecular flexibility index (Phi) is 6.99. The number of rotatable bonds is 9. The van der Waals surface area contributed by atoms with Crippen LogP contribution in [0.2, 0.25) is 5.02 Å². The molecule has 196 valence electrons. The molecule has 0 aliphatic heterocycles. The van der Waals surface area contributed by atoms with Crippen LogP contribution in [-0.2, 0) is 17.8 Å². The molecule has 2 heterocycles. The molecule has 7 nitrogen and oxygen atoms in total. The first kappa shape index (κ1) is 25.1. The second-order valence-electron chi connectivity index (χ2n) is 9.70. The standard InChI is InChI=1S/C31H28ClN5O2/c1-39-28-12-9-24(19-27(28)32)30-34-31(22-13-15-33-16-14-22)37(35-30)18-17-36(25-10-11-25)29(38)20-23-7-4-6-21-5-2-3-8-26(21)23/h2-9,12-16,19,25H,10-11,17-18,20H2,1H3. The van der Waals surface area contributed by atoms with Crippen LogP contribution in [0.4, 0.5) is 0 Å². The van der Waals surface area contributed by atoms with Gasteiger partial charge in [-0.3, -0.25) is 9.78 Å². The number of methoxy groups -OCH3 is 1. The Bertz CT molecular complexity index is 1630. The van der Waals surface area contributed by atoms with Crippen molar-refractivity contribution in [3.63, 3.8) is 0 Å². The van der Waals surface area contributed by atoms with E-state index >= 15 is 0 Å². The number of hydrogen-bond donors (Lipinski definition) is 0. The van der Waals surface area contributed by atoms with E-state index in [1.54, 1.807) is 25.6 Å². The van der Waals surface area contributed by atoms with Crippen LogP contribution in [-0.4, -0.2) is 50.3 Å². The summed E-state index contributed by atoms with van der Waals surface area (Å²) < 4.78 is 7.17. The van der Waals surface area contributed by atoms with E-state index in [4.69, 9.17) is 26.4 Å². The zero-order valence-electron chi connectivity index (χ0n) is 21.6. The number of carbonyl (C=O) groups is 1. The molecule has 0 N–H and O–H groups in total. The number of hydrogen-bond acceptors (Lipinski definition) is 5. The van der Waals surface area contributed by atoms with Gasteiger partial charge in [-0.25, -0.2) is 9.67 Å². The number of pyridine rings is 1. The number of fused-ring (bicyclic) bond motifs is 1. The summed E-state index contributed by atoms with van der Waals surface area (Å²) in [4.78, 5) is 24.6. The van der Waals surface area contributed by atoms with Gasteiger partial charge >= 0.3 is 0 Å². The lowest BCUT2D eigenvalue weighted by molar-refractivity contribution is -0.131. The number of carbonyl (C=O) groups excluding carboxylic acids is 1. The summed E-state index contributed by atoms with van der Waals surface area (Å²) in [5.41, 5.74) is 2.75. The maximum absolute atomic E-state index is 13.6. The van der Waals surface area contributed by atoms with Crippen LogP contribution in [0.3, 0.4) is 0 Å². The molecule has 8 heteroatoms. The predicted molar refractivity (Wildman–Crippen MR) is 153 cm³/mol. The Labute approximate surface area is 232 Å². The van der Waals surface area contributed by atoms with Gasteiger partial charge in [-0.15, -0.1) is 0 Å². The van der Waals surface area contributed by atoms with Gasteiger partial charge in [0.1, 0.15) is 5.75 Å². The third-order valence-electron chi connectivity index (χ3n) is 7.10. The molecule has 39 heavy (non-hydrogen) atoms. The van der Waals surface area contributed by atoms with E-state index in [2.05, 4.69) is 29.2 Å². The van der Waals surface area contributed by atoms with E-state index in [0.717, 1.165) is 46.1 Å². The van der Waals surface area contributed by atoms with Gasteiger partial charge in [0.25, 0.3) is 0 Å². The van der Waals surface area contributed by atoms with Crippen molar-refractivity contribution in [2.24, 2.45) is 0 Å². The lowest BCUT2D eigenvalue weighted by Crippen LogP contribution is -2.37. The quantitative estimate of drug-likeness (QED) is 0.229. The van der Waals surface area contributed by atoms with Crippen molar-refractivity contribution in [2.75, 3.05) is 13.7 Å². The fraction of sp³-hybridized carbons (Fsp3) is 0.226. The van der Waals surface area contributed by atoms with E-state index in [1.807, 2.05) is 52.0 Å². The second-order valence-corrected chi connectivity index (χ2v) is 10.1. The highest BCUT2D eigenvalue weighted by Gasteiger charge is 2.32. The molecule has 0 bridgehead atoms. The minimum atomic E-state index is 0.140.